The summed E-state index contributed by atoms with van der Waals surface area (Å²) in [5, 5.41) is 2.75. The Balaban J connectivity index is 5.04. The van der Waals surface area contributed by atoms with Crippen molar-refractivity contribution in [3.05, 3.63) is 0 Å². The smallest absolute Gasteiger partial charge is 0.411 e. The number of hydrogen-bond donors (Lipinski definition) is 2. The summed E-state index contributed by atoms with van der Waals surface area (Å²) in [4.78, 5) is 26.1. The zero-order valence-electron chi connectivity index (χ0n) is 16.3. The highest BCUT2D eigenvalue weighted by atomic mass is 16.6. The molecule has 0 aromatic rings. The minimum Gasteiger partial charge on any atom is -0.444 e. The number of amides is 2. The van der Waals surface area contributed by atoms with Crippen LogP contribution in [-0.2, 0) is 9.47 Å². The Kier molecular flexibility index (Phi) is 9.11. The maximum Gasteiger partial charge on any atom is 0.411 e. The number of carbonyl (C=O) groups excluding carboxylic acids is 2. The second-order valence-electron chi connectivity index (χ2n) is 7.74. The van der Waals surface area contributed by atoms with Crippen molar-refractivity contribution >= 4 is 12.2 Å². The van der Waals surface area contributed by atoms with Crippen LogP contribution in [0.15, 0.2) is 0 Å². The van der Waals surface area contributed by atoms with Crippen LogP contribution in [0.4, 0.5) is 9.59 Å². The average molecular weight is 345 g/mol. The lowest BCUT2D eigenvalue weighted by atomic mass is 10.2. The first-order chi connectivity index (χ1) is 10.9. The zero-order chi connectivity index (χ0) is 19.0. The van der Waals surface area contributed by atoms with E-state index < -0.39 is 29.6 Å². The fourth-order valence-corrected chi connectivity index (χ4v) is 1.97. The molecule has 142 valence electrons. The van der Waals surface area contributed by atoms with Gasteiger partial charge >= 0.3 is 12.2 Å². The molecular weight excluding hydrogens is 310 g/mol. The summed E-state index contributed by atoms with van der Waals surface area (Å²) in [6.45, 7) is 13.7. The van der Waals surface area contributed by atoms with Gasteiger partial charge in [0.1, 0.15) is 17.4 Å². The first-order valence-corrected chi connectivity index (χ1v) is 8.59. The first kappa shape index (κ1) is 22.5. The number of unbranched alkanes of at least 4 members (excludes halogenated alkanes) is 1. The molecule has 1 atom stereocenters. The highest BCUT2D eigenvalue weighted by molar-refractivity contribution is 5.71. The fraction of sp³-hybridized carbons (Fsp3) is 0.882. The highest BCUT2D eigenvalue weighted by Crippen LogP contribution is 2.14. The van der Waals surface area contributed by atoms with Crippen molar-refractivity contribution in [1.29, 1.82) is 0 Å². The lowest BCUT2D eigenvalue weighted by molar-refractivity contribution is 0.00747. The van der Waals surface area contributed by atoms with Gasteiger partial charge in [0.2, 0.25) is 0 Å². The van der Waals surface area contributed by atoms with Gasteiger partial charge in [0.15, 0.2) is 0 Å². The van der Waals surface area contributed by atoms with Crippen molar-refractivity contribution in [3.63, 3.8) is 0 Å². The molecule has 0 aromatic heterocycles. The van der Waals surface area contributed by atoms with E-state index in [-0.39, 0.29) is 0 Å². The van der Waals surface area contributed by atoms with E-state index in [1.807, 2.05) is 27.7 Å². The highest BCUT2D eigenvalue weighted by Gasteiger charge is 2.29. The van der Waals surface area contributed by atoms with Gasteiger partial charge in [-0.25, -0.2) is 9.59 Å². The number of hydrogen-bond acceptors (Lipinski definition) is 5. The Morgan fingerprint density at radius 1 is 1.04 bits per heavy atom. The van der Waals surface area contributed by atoms with E-state index in [4.69, 9.17) is 15.2 Å². The normalized spacial score (nSPS) is 13.2. The largest absolute Gasteiger partial charge is 0.444 e. The van der Waals surface area contributed by atoms with Crippen LogP contribution in [0.5, 0.6) is 0 Å². The van der Waals surface area contributed by atoms with Crippen LogP contribution in [0.25, 0.3) is 0 Å². The van der Waals surface area contributed by atoms with Crippen LogP contribution in [0, 0.1) is 0 Å². The topological polar surface area (TPSA) is 93.9 Å². The van der Waals surface area contributed by atoms with Crippen LogP contribution in [0.1, 0.15) is 67.7 Å². The molecule has 2 amide bonds. The third kappa shape index (κ3) is 10.3. The maximum absolute atomic E-state index is 12.5. The molecule has 7 heteroatoms. The molecule has 0 fully saturated rings. The molecule has 0 saturated heterocycles. The van der Waals surface area contributed by atoms with Gasteiger partial charge in [0.05, 0.1) is 0 Å². The number of nitrogens with one attached hydrogen (secondary N) is 1. The van der Waals surface area contributed by atoms with Crippen molar-refractivity contribution in [2.24, 2.45) is 5.73 Å². The van der Waals surface area contributed by atoms with E-state index in [2.05, 4.69) is 5.32 Å². The molecule has 0 aliphatic rings. The van der Waals surface area contributed by atoms with E-state index in [9.17, 15) is 9.59 Å². The fourth-order valence-electron chi connectivity index (χ4n) is 1.97. The monoisotopic (exact) mass is 345 g/mol. The summed E-state index contributed by atoms with van der Waals surface area (Å²) < 4.78 is 10.7. The van der Waals surface area contributed by atoms with Gasteiger partial charge in [0, 0.05) is 6.54 Å². The molecule has 0 aliphatic heterocycles. The molecule has 24 heavy (non-hydrogen) atoms. The van der Waals surface area contributed by atoms with Crippen molar-refractivity contribution in [1.82, 2.24) is 10.2 Å². The third-order valence-electron chi connectivity index (χ3n) is 2.93. The van der Waals surface area contributed by atoms with Crippen molar-refractivity contribution in [2.75, 3.05) is 13.1 Å². The minimum atomic E-state index is -0.604. The maximum atomic E-state index is 12.5. The summed E-state index contributed by atoms with van der Waals surface area (Å²) >= 11 is 0. The molecule has 3 N–H and O–H groups in total. The average Bonchev–Trinajstić information content (AvgIpc) is 2.37. The number of nitrogens with zero attached hydrogens (tertiary/aromatic N) is 1. The van der Waals surface area contributed by atoms with E-state index in [0.717, 1.165) is 12.8 Å². The number of alkyl carbamates (subject to hydrolysis) is 1. The van der Waals surface area contributed by atoms with Gasteiger partial charge < -0.3 is 20.5 Å². The van der Waals surface area contributed by atoms with Crippen LogP contribution in [0.2, 0.25) is 0 Å². The molecule has 0 aliphatic carbocycles. The summed E-state index contributed by atoms with van der Waals surface area (Å²) in [5.74, 6) is 0. The van der Waals surface area contributed by atoms with E-state index in [1.165, 1.54) is 4.90 Å². The summed E-state index contributed by atoms with van der Waals surface area (Å²) in [6.07, 6.45) is 0.572. The standard InChI is InChI=1S/C17H35N3O4/c1-8-13(19-14(21)23-16(2,3)4)20(12-10-9-11-18)15(22)24-17(5,6)7/h13H,8-12,18H2,1-7H3,(H,19,21). The van der Waals surface area contributed by atoms with E-state index >= 15 is 0 Å². The van der Waals surface area contributed by atoms with Gasteiger partial charge in [-0.1, -0.05) is 6.92 Å². The molecule has 0 saturated carbocycles. The van der Waals surface area contributed by atoms with Gasteiger partial charge in [-0.15, -0.1) is 0 Å². The predicted octanol–water partition coefficient (Wildman–Crippen LogP) is 3.22. The van der Waals surface area contributed by atoms with Gasteiger partial charge in [0.25, 0.3) is 0 Å². The van der Waals surface area contributed by atoms with Crippen LogP contribution in [-0.4, -0.2) is 47.5 Å². The first-order valence-electron chi connectivity index (χ1n) is 8.59. The molecule has 0 heterocycles. The van der Waals surface area contributed by atoms with Crippen molar-refractivity contribution < 1.29 is 19.1 Å². The van der Waals surface area contributed by atoms with Crippen LogP contribution < -0.4 is 11.1 Å². The minimum absolute atomic E-state index is 0.456. The van der Waals surface area contributed by atoms with Gasteiger partial charge in [-0.2, -0.15) is 0 Å². The Labute approximate surface area is 146 Å². The zero-order valence-corrected chi connectivity index (χ0v) is 16.3. The molecule has 0 radical (unpaired) electrons. The molecule has 0 spiro atoms. The Morgan fingerprint density at radius 2 is 1.58 bits per heavy atom. The number of carbonyl (C=O) groups is 2. The summed E-state index contributed by atoms with van der Waals surface area (Å²) in [6, 6.07) is 0. The van der Waals surface area contributed by atoms with E-state index in [0.29, 0.717) is 19.5 Å². The Hall–Kier alpha value is -1.50. The molecule has 0 bridgehead atoms. The molecular formula is C17H35N3O4. The van der Waals surface area contributed by atoms with Crippen LogP contribution >= 0.6 is 0 Å². The Bertz CT molecular complexity index is 400. The van der Waals surface area contributed by atoms with E-state index in [1.54, 1.807) is 20.8 Å². The second-order valence-corrected chi connectivity index (χ2v) is 7.74. The van der Waals surface area contributed by atoms with Crippen molar-refractivity contribution in [3.8, 4) is 0 Å². The SMILES string of the molecule is CCC(NC(=O)OC(C)(C)C)N(CCCCN)C(=O)OC(C)(C)C. The van der Waals surface area contributed by atoms with Gasteiger partial charge in [-0.05, 0) is 67.3 Å². The third-order valence-corrected chi connectivity index (χ3v) is 2.93. The Morgan fingerprint density at radius 3 is 2.00 bits per heavy atom. The summed E-state index contributed by atoms with van der Waals surface area (Å²) in [7, 11) is 0. The molecule has 0 aromatic carbocycles. The quantitative estimate of drug-likeness (QED) is 0.546. The van der Waals surface area contributed by atoms with Gasteiger partial charge in [-0.3, -0.25) is 4.90 Å². The lowest BCUT2D eigenvalue weighted by Crippen LogP contribution is -2.53. The summed E-state index contributed by atoms with van der Waals surface area (Å²) in [5.41, 5.74) is 4.32. The predicted molar refractivity (Wildman–Crippen MR) is 94.7 cm³/mol. The van der Waals surface area contributed by atoms with Crippen LogP contribution in [0.3, 0.4) is 0 Å². The van der Waals surface area contributed by atoms with Crippen molar-refractivity contribution in [2.45, 2.75) is 85.1 Å². The second kappa shape index (κ2) is 9.71. The molecule has 7 nitrogen and oxygen atoms in total. The molecule has 1 unspecified atom stereocenters. The number of rotatable bonds is 7. The molecule has 0 rings (SSSR count). The number of ether oxygens (including phenoxy) is 2. The number of nitrogens with two attached hydrogens (primary N) is 1. The lowest BCUT2D eigenvalue weighted by Gasteiger charge is -2.34.